The monoisotopic (exact) mass is 205 g/mol. The smallest absolute Gasteiger partial charge is 0.323 e. The van der Waals surface area contributed by atoms with Crippen LogP contribution in [0.15, 0.2) is 0 Å². The number of halogens is 1. The van der Waals surface area contributed by atoms with E-state index in [0.717, 1.165) is 0 Å². The van der Waals surface area contributed by atoms with Crippen molar-refractivity contribution in [3.05, 3.63) is 0 Å². The highest BCUT2D eigenvalue weighted by molar-refractivity contribution is 5.85. The average molecular weight is 206 g/mol. The van der Waals surface area contributed by atoms with E-state index in [1.807, 2.05) is 6.92 Å². The molecule has 0 spiro atoms. The van der Waals surface area contributed by atoms with E-state index in [0.29, 0.717) is 18.6 Å². The van der Waals surface area contributed by atoms with Gasteiger partial charge in [-0.2, -0.15) is 0 Å². The van der Waals surface area contributed by atoms with Crippen molar-refractivity contribution in [3.63, 3.8) is 0 Å². The number of carbonyl (C=O) groups is 1. The van der Waals surface area contributed by atoms with Crippen LogP contribution in [0.2, 0.25) is 0 Å². The number of esters is 1. The molecule has 1 aliphatic heterocycles. The Kier molecular flexibility index (Phi) is 3.56. The molecule has 76 valence electrons. The average Bonchev–Trinajstić information content (AvgIpc) is 2.64. The first-order valence-electron chi connectivity index (χ1n) is 4.74. The molecule has 1 heterocycles. The van der Waals surface area contributed by atoms with Crippen LogP contribution in [0.3, 0.4) is 0 Å². The molecule has 2 aliphatic rings. The van der Waals surface area contributed by atoms with E-state index in [9.17, 15) is 4.79 Å². The SMILES string of the molecule is CCOC(=O)[C@@H]1N[C@@H]2CC[C@H]1C2.Cl. The van der Waals surface area contributed by atoms with Crippen molar-refractivity contribution in [1.82, 2.24) is 5.32 Å². The molecule has 2 rings (SSSR count). The third kappa shape index (κ3) is 1.97. The normalized spacial score (nSPS) is 35.6. The van der Waals surface area contributed by atoms with Crippen LogP contribution in [0.25, 0.3) is 0 Å². The first-order valence-corrected chi connectivity index (χ1v) is 4.74. The van der Waals surface area contributed by atoms with Gasteiger partial charge in [-0.25, -0.2) is 0 Å². The molecule has 1 saturated heterocycles. The summed E-state index contributed by atoms with van der Waals surface area (Å²) in [6.07, 6.45) is 3.60. The van der Waals surface area contributed by atoms with Crippen LogP contribution >= 0.6 is 12.4 Å². The molecule has 0 aromatic carbocycles. The first-order chi connectivity index (χ1) is 5.81. The zero-order valence-electron chi connectivity index (χ0n) is 7.79. The molecule has 3 nitrogen and oxygen atoms in total. The minimum absolute atomic E-state index is 0. The van der Waals surface area contributed by atoms with E-state index < -0.39 is 0 Å². The van der Waals surface area contributed by atoms with Gasteiger partial charge in [-0.1, -0.05) is 0 Å². The lowest BCUT2D eigenvalue weighted by atomic mass is 10.0. The van der Waals surface area contributed by atoms with Crippen molar-refractivity contribution < 1.29 is 9.53 Å². The van der Waals surface area contributed by atoms with Crippen molar-refractivity contribution >= 4 is 18.4 Å². The molecule has 1 N–H and O–H groups in total. The van der Waals surface area contributed by atoms with Crippen LogP contribution in [-0.2, 0) is 9.53 Å². The fourth-order valence-electron chi connectivity index (χ4n) is 2.35. The maximum absolute atomic E-state index is 11.4. The fraction of sp³-hybridized carbons (Fsp3) is 0.889. The Labute approximate surface area is 84.6 Å². The topological polar surface area (TPSA) is 38.3 Å². The summed E-state index contributed by atoms with van der Waals surface area (Å²) in [5.41, 5.74) is 0. The number of rotatable bonds is 2. The van der Waals surface area contributed by atoms with Gasteiger partial charge >= 0.3 is 5.97 Å². The summed E-state index contributed by atoms with van der Waals surface area (Å²) in [4.78, 5) is 11.4. The number of hydrogen-bond donors (Lipinski definition) is 1. The largest absolute Gasteiger partial charge is 0.465 e. The van der Waals surface area contributed by atoms with E-state index in [1.165, 1.54) is 19.3 Å². The summed E-state index contributed by atoms with van der Waals surface area (Å²) in [6, 6.07) is 0.591. The first kappa shape index (κ1) is 10.8. The number of ether oxygens (including phenoxy) is 1. The molecule has 13 heavy (non-hydrogen) atoms. The third-order valence-corrected chi connectivity index (χ3v) is 2.90. The molecule has 1 saturated carbocycles. The van der Waals surface area contributed by atoms with Gasteiger partial charge in [0.1, 0.15) is 6.04 Å². The van der Waals surface area contributed by atoms with Gasteiger partial charge < -0.3 is 10.1 Å². The molecular formula is C9H16ClNO2. The molecular weight excluding hydrogens is 190 g/mol. The zero-order valence-corrected chi connectivity index (χ0v) is 8.60. The van der Waals surface area contributed by atoms with Gasteiger partial charge in [-0.05, 0) is 32.1 Å². The molecule has 3 atom stereocenters. The summed E-state index contributed by atoms with van der Waals surface area (Å²) in [5, 5.41) is 3.30. The predicted octanol–water partition coefficient (Wildman–Crippen LogP) is 1.11. The van der Waals surface area contributed by atoms with Crippen molar-refractivity contribution in [1.29, 1.82) is 0 Å². The lowest BCUT2D eigenvalue weighted by Crippen LogP contribution is -2.42. The molecule has 2 bridgehead atoms. The highest BCUT2D eigenvalue weighted by atomic mass is 35.5. The lowest BCUT2D eigenvalue weighted by molar-refractivity contribution is -0.146. The minimum Gasteiger partial charge on any atom is -0.465 e. The number of fused-ring (bicyclic) bond motifs is 2. The van der Waals surface area contributed by atoms with E-state index >= 15 is 0 Å². The lowest BCUT2D eigenvalue weighted by Gasteiger charge is -2.20. The predicted molar refractivity (Wildman–Crippen MR) is 51.9 cm³/mol. The molecule has 4 heteroatoms. The second-order valence-corrected chi connectivity index (χ2v) is 3.67. The van der Waals surface area contributed by atoms with Crippen molar-refractivity contribution in [2.45, 2.75) is 38.3 Å². The Morgan fingerprint density at radius 3 is 2.77 bits per heavy atom. The van der Waals surface area contributed by atoms with Gasteiger partial charge in [0.15, 0.2) is 0 Å². The summed E-state index contributed by atoms with van der Waals surface area (Å²) in [5.74, 6) is 0.499. The number of nitrogens with one attached hydrogen (secondary N) is 1. The van der Waals surface area contributed by atoms with Gasteiger partial charge in [0, 0.05) is 6.04 Å². The minimum atomic E-state index is -0.0512. The quantitative estimate of drug-likeness (QED) is 0.687. The number of piperidine rings is 1. The molecule has 0 radical (unpaired) electrons. The Balaban J connectivity index is 0.000000845. The van der Waals surface area contributed by atoms with Crippen LogP contribution in [0.4, 0.5) is 0 Å². The molecule has 1 aliphatic carbocycles. The number of carbonyl (C=O) groups excluding carboxylic acids is 1. The van der Waals surface area contributed by atoms with Gasteiger partial charge in [0.05, 0.1) is 6.61 Å². The Morgan fingerprint density at radius 2 is 2.31 bits per heavy atom. The third-order valence-electron chi connectivity index (χ3n) is 2.90. The zero-order chi connectivity index (χ0) is 8.55. The maximum atomic E-state index is 11.4. The second-order valence-electron chi connectivity index (χ2n) is 3.67. The molecule has 0 unspecified atom stereocenters. The summed E-state index contributed by atoms with van der Waals surface area (Å²) >= 11 is 0. The maximum Gasteiger partial charge on any atom is 0.323 e. The number of hydrogen-bond acceptors (Lipinski definition) is 3. The van der Waals surface area contributed by atoms with Crippen LogP contribution in [0.5, 0.6) is 0 Å². The molecule has 2 fully saturated rings. The summed E-state index contributed by atoms with van der Waals surface area (Å²) < 4.78 is 4.98. The summed E-state index contributed by atoms with van der Waals surface area (Å²) in [7, 11) is 0. The summed E-state index contributed by atoms with van der Waals surface area (Å²) in [6.45, 7) is 2.35. The van der Waals surface area contributed by atoms with Gasteiger partial charge in [-0.3, -0.25) is 4.79 Å². The standard InChI is InChI=1S/C9H15NO2.ClH/c1-2-12-9(11)8-6-3-4-7(5-6)10-8;/h6-8,10H,2-5H2,1H3;1H/t6-,7+,8+;/m0./s1. The van der Waals surface area contributed by atoms with Gasteiger partial charge in [-0.15, -0.1) is 12.4 Å². The molecule has 0 aromatic heterocycles. The Morgan fingerprint density at radius 1 is 1.54 bits per heavy atom. The van der Waals surface area contributed by atoms with E-state index in [-0.39, 0.29) is 24.4 Å². The Bertz CT molecular complexity index is 198. The van der Waals surface area contributed by atoms with Crippen LogP contribution in [0, 0.1) is 5.92 Å². The van der Waals surface area contributed by atoms with Crippen LogP contribution in [0.1, 0.15) is 26.2 Å². The highest BCUT2D eigenvalue weighted by Gasteiger charge is 2.43. The van der Waals surface area contributed by atoms with Crippen molar-refractivity contribution in [2.75, 3.05) is 6.61 Å². The van der Waals surface area contributed by atoms with E-state index in [1.54, 1.807) is 0 Å². The molecule has 0 aromatic rings. The van der Waals surface area contributed by atoms with Gasteiger partial charge in [0.25, 0.3) is 0 Å². The van der Waals surface area contributed by atoms with Crippen molar-refractivity contribution in [3.8, 4) is 0 Å². The fourth-order valence-corrected chi connectivity index (χ4v) is 2.35. The molecule has 0 amide bonds. The second kappa shape index (κ2) is 4.29. The van der Waals surface area contributed by atoms with Gasteiger partial charge in [0.2, 0.25) is 0 Å². The van der Waals surface area contributed by atoms with Crippen LogP contribution < -0.4 is 5.32 Å². The Hall–Kier alpha value is -0.280. The highest BCUT2D eigenvalue weighted by Crippen LogP contribution is 2.35. The van der Waals surface area contributed by atoms with E-state index in [2.05, 4.69) is 5.32 Å². The van der Waals surface area contributed by atoms with Crippen molar-refractivity contribution in [2.24, 2.45) is 5.92 Å². The van der Waals surface area contributed by atoms with E-state index in [4.69, 9.17) is 4.74 Å². The van der Waals surface area contributed by atoms with Crippen LogP contribution in [-0.4, -0.2) is 24.7 Å².